The number of carbonyl (C=O) groups excluding carboxylic acids is 1. The van der Waals surface area contributed by atoms with E-state index in [1.165, 1.54) is 55.5 Å². The van der Waals surface area contributed by atoms with Gasteiger partial charge in [-0.1, -0.05) is 36.4 Å². The third-order valence-electron chi connectivity index (χ3n) is 5.54. The van der Waals surface area contributed by atoms with Gasteiger partial charge in [0.15, 0.2) is 0 Å². The SMILES string of the molecule is CNC(=O)c1ccc(CN2CCC[C@H](CCc3ccccc3C)C2)cc1. The van der Waals surface area contributed by atoms with Gasteiger partial charge in [0.05, 0.1) is 0 Å². The van der Waals surface area contributed by atoms with E-state index < -0.39 is 0 Å². The number of rotatable bonds is 6. The summed E-state index contributed by atoms with van der Waals surface area (Å²) < 4.78 is 0. The molecule has 1 N–H and O–H groups in total. The molecule has 2 aromatic rings. The summed E-state index contributed by atoms with van der Waals surface area (Å²) in [6.45, 7) is 5.56. The van der Waals surface area contributed by atoms with Crippen LogP contribution in [0.2, 0.25) is 0 Å². The molecule has 2 aromatic carbocycles. The molecule has 3 heteroatoms. The zero-order valence-electron chi connectivity index (χ0n) is 16.0. The lowest BCUT2D eigenvalue weighted by Gasteiger charge is -2.33. The topological polar surface area (TPSA) is 32.3 Å². The Hall–Kier alpha value is -2.13. The van der Waals surface area contributed by atoms with Crippen molar-refractivity contribution in [1.29, 1.82) is 0 Å². The van der Waals surface area contributed by atoms with Gasteiger partial charge >= 0.3 is 0 Å². The molecule has 0 aliphatic carbocycles. The predicted molar refractivity (Wildman–Crippen MR) is 107 cm³/mol. The molecule has 1 saturated heterocycles. The van der Waals surface area contributed by atoms with Crippen LogP contribution in [-0.2, 0) is 13.0 Å². The molecule has 1 aliphatic rings. The minimum atomic E-state index is -0.0224. The molecule has 3 nitrogen and oxygen atoms in total. The van der Waals surface area contributed by atoms with Crippen LogP contribution in [0.25, 0.3) is 0 Å². The average molecular weight is 351 g/mol. The fourth-order valence-electron chi connectivity index (χ4n) is 3.94. The van der Waals surface area contributed by atoms with E-state index >= 15 is 0 Å². The zero-order chi connectivity index (χ0) is 18.4. The Morgan fingerprint density at radius 3 is 2.65 bits per heavy atom. The molecule has 1 atom stereocenters. The fourth-order valence-corrected chi connectivity index (χ4v) is 3.94. The molecule has 0 aromatic heterocycles. The first-order valence-electron chi connectivity index (χ1n) is 9.73. The Morgan fingerprint density at radius 1 is 1.15 bits per heavy atom. The number of hydrogen-bond acceptors (Lipinski definition) is 2. The van der Waals surface area contributed by atoms with Crippen molar-refractivity contribution in [1.82, 2.24) is 10.2 Å². The minimum Gasteiger partial charge on any atom is -0.355 e. The molecule has 0 radical (unpaired) electrons. The number of aryl methyl sites for hydroxylation is 2. The second kappa shape index (κ2) is 9.00. The number of piperidine rings is 1. The maximum atomic E-state index is 11.6. The van der Waals surface area contributed by atoms with Gasteiger partial charge in [-0.2, -0.15) is 0 Å². The molecule has 26 heavy (non-hydrogen) atoms. The summed E-state index contributed by atoms with van der Waals surface area (Å²) in [4.78, 5) is 14.2. The lowest BCUT2D eigenvalue weighted by molar-refractivity contribution is 0.0963. The molecule has 1 fully saturated rings. The van der Waals surface area contributed by atoms with E-state index in [1.807, 2.05) is 12.1 Å². The lowest BCUT2D eigenvalue weighted by atomic mass is 9.90. The standard InChI is InChI=1S/C23H30N2O/c1-18-6-3-4-8-21(18)12-9-19-7-5-15-25(16-19)17-20-10-13-22(14-11-20)23(26)24-2/h3-4,6,8,10-11,13-14,19H,5,7,9,12,15-17H2,1-2H3,(H,24,26)/t19-/m1/s1. The molecular weight excluding hydrogens is 320 g/mol. The van der Waals surface area contributed by atoms with Gasteiger partial charge in [0.2, 0.25) is 0 Å². The number of likely N-dealkylation sites (tertiary alicyclic amines) is 1. The van der Waals surface area contributed by atoms with Crippen LogP contribution in [0.1, 0.15) is 46.3 Å². The Morgan fingerprint density at radius 2 is 1.92 bits per heavy atom. The highest BCUT2D eigenvalue weighted by molar-refractivity contribution is 5.93. The summed E-state index contributed by atoms with van der Waals surface area (Å²) in [7, 11) is 1.67. The first-order valence-corrected chi connectivity index (χ1v) is 9.73. The van der Waals surface area contributed by atoms with E-state index in [4.69, 9.17) is 0 Å². The predicted octanol–water partition coefficient (Wildman–Crippen LogP) is 4.20. The fraction of sp³-hybridized carbons (Fsp3) is 0.435. The van der Waals surface area contributed by atoms with E-state index in [2.05, 4.69) is 53.5 Å². The summed E-state index contributed by atoms with van der Waals surface area (Å²) in [5.41, 5.74) is 4.92. The molecule has 0 saturated carbocycles. The van der Waals surface area contributed by atoms with Gasteiger partial charge < -0.3 is 5.32 Å². The van der Waals surface area contributed by atoms with Crippen molar-refractivity contribution < 1.29 is 4.79 Å². The minimum absolute atomic E-state index is 0.0224. The van der Waals surface area contributed by atoms with Crippen LogP contribution in [-0.4, -0.2) is 30.9 Å². The van der Waals surface area contributed by atoms with Crippen molar-refractivity contribution >= 4 is 5.91 Å². The summed E-state index contributed by atoms with van der Waals surface area (Å²) >= 11 is 0. The van der Waals surface area contributed by atoms with E-state index in [-0.39, 0.29) is 5.91 Å². The summed E-state index contributed by atoms with van der Waals surface area (Å²) in [6.07, 6.45) is 5.09. The third kappa shape index (κ3) is 4.95. The molecule has 0 bridgehead atoms. The number of nitrogens with one attached hydrogen (secondary N) is 1. The van der Waals surface area contributed by atoms with E-state index in [9.17, 15) is 4.79 Å². The zero-order valence-corrected chi connectivity index (χ0v) is 16.0. The van der Waals surface area contributed by atoms with Crippen LogP contribution in [0.5, 0.6) is 0 Å². The first-order chi connectivity index (χ1) is 12.7. The Bertz CT molecular complexity index is 723. The van der Waals surface area contributed by atoms with Crippen LogP contribution < -0.4 is 5.32 Å². The highest BCUT2D eigenvalue weighted by atomic mass is 16.1. The third-order valence-corrected chi connectivity index (χ3v) is 5.54. The van der Waals surface area contributed by atoms with E-state index in [1.54, 1.807) is 7.05 Å². The summed E-state index contributed by atoms with van der Waals surface area (Å²) in [5.74, 6) is 0.763. The van der Waals surface area contributed by atoms with Crippen molar-refractivity contribution in [3.8, 4) is 0 Å². The van der Waals surface area contributed by atoms with E-state index in [0.29, 0.717) is 0 Å². The normalized spacial score (nSPS) is 17.8. The Balaban J connectivity index is 1.52. The Kier molecular flexibility index (Phi) is 6.45. The van der Waals surface area contributed by atoms with Crippen molar-refractivity contribution in [2.24, 2.45) is 5.92 Å². The maximum Gasteiger partial charge on any atom is 0.251 e. The first kappa shape index (κ1) is 18.7. The van der Waals surface area contributed by atoms with Gasteiger partial charge in [-0.3, -0.25) is 9.69 Å². The molecular formula is C23H30N2O. The van der Waals surface area contributed by atoms with Crippen LogP contribution in [0.15, 0.2) is 48.5 Å². The number of carbonyl (C=O) groups is 1. The van der Waals surface area contributed by atoms with Crippen molar-refractivity contribution in [3.05, 3.63) is 70.8 Å². The quantitative estimate of drug-likeness (QED) is 0.847. The van der Waals surface area contributed by atoms with Gasteiger partial charge in [-0.15, -0.1) is 0 Å². The maximum absolute atomic E-state index is 11.6. The highest BCUT2D eigenvalue weighted by Gasteiger charge is 2.20. The molecule has 0 spiro atoms. The molecule has 3 rings (SSSR count). The van der Waals surface area contributed by atoms with Crippen LogP contribution >= 0.6 is 0 Å². The largest absolute Gasteiger partial charge is 0.355 e. The van der Waals surface area contributed by atoms with Gasteiger partial charge in [0.1, 0.15) is 0 Å². The summed E-state index contributed by atoms with van der Waals surface area (Å²) in [6, 6.07) is 16.8. The number of amides is 1. The Labute approximate surface area is 157 Å². The van der Waals surface area contributed by atoms with Gasteiger partial charge in [0.25, 0.3) is 5.91 Å². The van der Waals surface area contributed by atoms with Crippen molar-refractivity contribution in [3.63, 3.8) is 0 Å². The highest BCUT2D eigenvalue weighted by Crippen LogP contribution is 2.23. The lowest BCUT2D eigenvalue weighted by Crippen LogP contribution is -2.35. The summed E-state index contributed by atoms with van der Waals surface area (Å²) in [5, 5.41) is 2.67. The molecule has 1 heterocycles. The molecule has 0 unspecified atom stereocenters. The smallest absolute Gasteiger partial charge is 0.251 e. The van der Waals surface area contributed by atoms with Crippen LogP contribution in [0.4, 0.5) is 0 Å². The van der Waals surface area contributed by atoms with Crippen molar-refractivity contribution in [2.45, 2.75) is 39.2 Å². The average Bonchev–Trinajstić information content (AvgIpc) is 2.68. The van der Waals surface area contributed by atoms with E-state index in [0.717, 1.165) is 18.0 Å². The van der Waals surface area contributed by atoms with Gasteiger partial charge in [0, 0.05) is 25.7 Å². The van der Waals surface area contributed by atoms with Crippen LogP contribution in [0.3, 0.4) is 0 Å². The second-order valence-electron chi connectivity index (χ2n) is 7.48. The van der Waals surface area contributed by atoms with Crippen molar-refractivity contribution in [2.75, 3.05) is 20.1 Å². The van der Waals surface area contributed by atoms with Gasteiger partial charge in [-0.05, 0) is 73.9 Å². The van der Waals surface area contributed by atoms with Crippen LogP contribution in [0, 0.1) is 12.8 Å². The molecule has 138 valence electrons. The molecule has 1 amide bonds. The number of hydrogen-bond donors (Lipinski definition) is 1. The number of benzene rings is 2. The molecule has 1 aliphatic heterocycles. The second-order valence-corrected chi connectivity index (χ2v) is 7.48. The number of nitrogens with zero attached hydrogens (tertiary/aromatic N) is 1. The monoisotopic (exact) mass is 350 g/mol. The van der Waals surface area contributed by atoms with Gasteiger partial charge in [-0.25, -0.2) is 0 Å².